The number of carbonyl (C=O) groups is 1. The van der Waals surface area contributed by atoms with Crippen molar-refractivity contribution < 1.29 is 27.8 Å². The highest BCUT2D eigenvalue weighted by molar-refractivity contribution is 6.02. The topological polar surface area (TPSA) is 87.6 Å². The fourth-order valence-corrected chi connectivity index (χ4v) is 4.87. The Labute approximate surface area is 222 Å². The van der Waals surface area contributed by atoms with Crippen LogP contribution < -0.4 is 10.3 Å². The van der Waals surface area contributed by atoms with E-state index in [1.807, 2.05) is 0 Å². The van der Waals surface area contributed by atoms with Gasteiger partial charge >= 0.3 is 0 Å². The van der Waals surface area contributed by atoms with E-state index >= 15 is 0 Å². The number of pyridine rings is 1. The first-order chi connectivity index (χ1) is 18.1. The number of aryl methyl sites for hydroxylation is 3. The molecule has 7 nitrogen and oxygen atoms in total. The van der Waals surface area contributed by atoms with Crippen molar-refractivity contribution in [1.82, 2.24) is 14.5 Å². The number of rotatable bonds is 5. The Morgan fingerprint density at radius 2 is 1.72 bits per heavy atom. The first kappa shape index (κ1) is 26.6. The van der Waals surface area contributed by atoms with Gasteiger partial charge in [0.25, 0.3) is 17.4 Å². The standard InChI is InChI=1S/C29H28F3N3O4/c1-15-8-18(30)9-16(2)25(15)39-23-7-6-17(28(3,4)38)10-19(23)21-12-34(5)26(36)20-11-22(33-24(20)21)27(37)35-13-29(31,32)14-35/h6-12,33,38H,13-14H2,1-5H3. The van der Waals surface area contributed by atoms with E-state index < -0.39 is 36.3 Å². The van der Waals surface area contributed by atoms with Crippen molar-refractivity contribution in [3.63, 3.8) is 0 Å². The number of hydrogen-bond acceptors (Lipinski definition) is 4. The van der Waals surface area contributed by atoms with Crippen LogP contribution in [0.15, 0.2) is 47.4 Å². The van der Waals surface area contributed by atoms with Gasteiger partial charge in [0.15, 0.2) is 0 Å². The largest absolute Gasteiger partial charge is 0.456 e. The lowest BCUT2D eigenvalue weighted by atomic mass is 9.93. The molecule has 0 saturated carbocycles. The molecule has 0 bridgehead atoms. The smallest absolute Gasteiger partial charge is 0.282 e. The van der Waals surface area contributed by atoms with E-state index in [9.17, 15) is 27.9 Å². The number of aliphatic hydroxyl groups is 1. The Morgan fingerprint density at radius 1 is 1.08 bits per heavy atom. The molecule has 204 valence electrons. The Balaban J connectivity index is 1.70. The Bertz CT molecular complexity index is 1670. The molecule has 1 aliphatic heterocycles. The van der Waals surface area contributed by atoms with Gasteiger partial charge in [0.2, 0.25) is 0 Å². The second-order valence-electron chi connectivity index (χ2n) is 10.7. The van der Waals surface area contributed by atoms with Gasteiger partial charge < -0.3 is 24.3 Å². The van der Waals surface area contributed by atoms with Crippen LogP contribution in [0.5, 0.6) is 11.5 Å². The van der Waals surface area contributed by atoms with E-state index in [4.69, 9.17) is 4.74 Å². The van der Waals surface area contributed by atoms with Crippen molar-refractivity contribution in [1.29, 1.82) is 0 Å². The first-order valence-electron chi connectivity index (χ1n) is 12.4. The number of halogens is 3. The summed E-state index contributed by atoms with van der Waals surface area (Å²) in [7, 11) is 1.56. The average Bonchev–Trinajstić information content (AvgIpc) is 3.27. The minimum atomic E-state index is -2.93. The van der Waals surface area contributed by atoms with Gasteiger partial charge in [0.05, 0.1) is 29.6 Å². The van der Waals surface area contributed by atoms with Gasteiger partial charge in [-0.2, -0.15) is 0 Å². The summed E-state index contributed by atoms with van der Waals surface area (Å²) in [4.78, 5) is 29.9. The van der Waals surface area contributed by atoms with Crippen LogP contribution >= 0.6 is 0 Å². The molecular weight excluding hydrogens is 511 g/mol. The van der Waals surface area contributed by atoms with Gasteiger partial charge in [0, 0.05) is 24.4 Å². The number of fused-ring (bicyclic) bond motifs is 1. The number of alkyl halides is 2. The van der Waals surface area contributed by atoms with Crippen molar-refractivity contribution in [3.05, 3.63) is 81.2 Å². The molecule has 1 aliphatic rings. The van der Waals surface area contributed by atoms with Crippen LogP contribution in [0.1, 0.15) is 41.0 Å². The van der Waals surface area contributed by atoms with Crippen LogP contribution in [0, 0.1) is 19.7 Å². The van der Waals surface area contributed by atoms with E-state index in [1.165, 1.54) is 22.8 Å². The van der Waals surface area contributed by atoms with E-state index in [-0.39, 0.29) is 16.6 Å². The number of aromatic amines is 1. The average molecular weight is 540 g/mol. The summed E-state index contributed by atoms with van der Waals surface area (Å²) in [6.45, 7) is 5.34. The van der Waals surface area contributed by atoms with Crippen molar-refractivity contribution in [2.75, 3.05) is 13.1 Å². The number of H-pyrrole nitrogens is 1. The van der Waals surface area contributed by atoms with Crippen molar-refractivity contribution >= 4 is 16.8 Å². The van der Waals surface area contributed by atoms with Crippen molar-refractivity contribution in [2.24, 2.45) is 7.05 Å². The van der Waals surface area contributed by atoms with E-state index in [0.717, 1.165) is 4.90 Å². The Hall–Kier alpha value is -4.05. The Kier molecular flexibility index (Phi) is 6.14. The SMILES string of the molecule is Cc1cc(F)cc(C)c1Oc1ccc(C(C)(C)O)cc1-c1cn(C)c(=O)c2cc(C(=O)N3CC(F)(F)C3)[nH]c12. The summed E-state index contributed by atoms with van der Waals surface area (Å²) in [5.41, 5.74) is 1.43. The molecule has 0 atom stereocenters. The lowest BCUT2D eigenvalue weighted by molar-refractivity contribution is -0.113. The molecule has 0 aliphatic carbocycles. The van der Waals surface area contributed by atoms with E-state index in [2.05, 4.69) is 4.98 Å². The molecule has 4 aromatic rings. The first-order valence-corrected chi connectivity index (χ1v) is 12.4. The van der Waals surface area contributed by atoms with Crippen LogP contribution in [-0.4, -0.2) is 44.5 Å². The quantitative estimate of drug-likeness (QED) is 0.356. The summed E-state index contributed by atoms with van der Waals surface area (Å²) in [5.74, 6) is -3.13. The maximum absolute atomic E-state index is 13.9. The van der Waals surface area contributed by atoms with E-state index in [1.54, 1.807) is 59.1 Å². The summed E-state index contributed by atoms with van der Waals surface area (Å²) < 4.78 is 48.4. The predicted octanol–water partition coefficient (Wildman–Crippen LogP) is 5.40. The third-order valence-corrected chi connectivity index (χ3v) is 6.94. The molecule has 0 radical (unpaired) electrons. The maximum atomic E-state index is 13.9. The molecule has 39 heavy (non-hydrogen) atoms. The molecular formula is C29H28F3N3O4. The zero-order chi connectivity index (χ0) is 28.4. The number of hydrogen-bond donors (Lipinski definition) is 2. The summed E-state index contributed by atoms with van der Waals surface area (Å²) in [5, 5.41) is 10.9. The summed E-state index contributed by atoms with van der Waals surface area (Å²) in [6.07, 6.45) is 1.58. The minimum Gasteiger partial charge on any atom is -0.456 e. The molecule has 2 aromatic carbocycles. The second-order valence-corrected chi connectivity index (χ2v) is 10.7. The number of nitrogens with one attached hydrogen (secondary N) is 1. The van der Waals surface area contributed by atoms with Crippen LogP contribution in [0.4, 0.5) is 13.2 Å². The van der Waals surface area contributed by atoms with Crippen LogP contribution in [0.2, 0.25) is 0 Å². The highest BCUT2D eigenvalue weighted by Gasteiger charge is 2.46. The van der Waals surface area contributed by atoms with Crippen molar-refractivity contribution in [2.45, 2.75) is 39.2 Å². The summed E-state index contributed by atoms with van der Waals surface area (Å²) >= 11 is 0. The van der Waals surface area contributed by atoms with Crippen LogP contribution in [0.3, 0.4) is 0 Å². The second kappa shape index (κ2) is 9.01. The number of benzene rings is 2. The van der Waals surface area contributed by atoms with E-state index in [0.29, 0.717) is 44.8 Å². The molecule has 10 heteroatoms. The molecule has 3 heterocycles. The lowest BCUT2D eigenvalue weighted by Crippen LogP contribution is -2.58. The normalized spacial score (nSPS) is 14.9. The molecule has 1 amide bonds. The van der Waals surface area contributed by atoms with Gasteiger partial charge in [-0.25, -0.2) is 13.2 Å². The minimum absolute atomic E-state index is 0.0105. The van der Waals surface area contributed by atoms with Gasteiger partial charge in [-0.05, 0) is 74.7 Å². The zero-order valence-electron chi connectivity index (χ0n) is 22.2. The summed E-state index contributed by atoms with van der Waals surface area (Å²) in [6, 6.07) is 9.20. The molecule has 0 spiro atoms. The fourth-order valence-electron chi connectivity index (χ4n) is 4.87. The highest BCUT2D eigenvalue weighted by atomic mass is 19.3. The van der Waals surface area contributed by atoms with Crippen LogP contribution in [0.25, 0.3) is 22.0 Å². The molecule has 5 rings (SSSR count). The highest BCUT2D eigenvalue weighted by Crippen LogP contribution is 2.41. The maximum Gasteiger partial charge on any atom is 0.282 e. The number of aromatic nitrogens is 2. The third kappa shape index (κ3) is 4.80. The Morgan fingerprint density at radius 3 is 2.31 bits per heavy atom. The van der Waals surface area contributed by atoms with Gasteiger partial charge in [0.1, 0.15) is 23.0 Å². The molecule has 1 fully saturated rings. The number of nitrogens with zero attached hydrogens (tertiary/aromatic N) is 2. The van der Waals surface area contributed by atoms with Gasteiger partial charge in [-0.1, -0.05) is 6.07 Å². The zero-order valence-corrected chi connectivity index (χ0v) is 22.2. The fraction of sp³-hybridized carbons (Fsp3) is 0.310. The molecule has 1 saturated heterocycles. The van der Waals surface area contributed by atoms with Gasteiger partial charge in [-0.3, -0.25) is 9.59 Å². The molecule has 2 aromatic heterocycles. The van der Waals surface area contributed by atoms with Gasteiger partial charge in [-0.15, -0.1) is 0 Å². The number of amides is 1. The number of carbonyl (C=O) groups excluding carboxylic acids is 1. The monoisotopic (exact) mass is 539 g/mol. The van der Waals surface area contributed by atoms with Crippen LogP contribution in [-0.2, 0) is 12.6 Å². The van der Waals surface area contributed by atoms with Crippen molar-refractivity contribution in [3.8, 4) is 22.6 Å². The third-order valence-electron chi connectivity index (χ3n) is 6.94. The molecule has 0 unspecified atom stereocenters. The molecule has 2 N–H and O–H groups in total. The number of ether oxygens (including phenoxy) is 1. The predicted molar refractivity (Wildman–Crippen MR) is 141 cm³/mol. The number of likely N-dealkylation sites (tertiary alicyclic amines) is 1. The lowest BCUT2D eigenvalue weighted by Gasteiger charge is -2.38.